The molecule has 1 aliphatic carbocycles. The Labute approximate surface area is 110 Å². The van der Waals surface area contributed by atoms with E-state index in [-0.39, 0.29) is 5.91 Å². The second-order valence-electron chi connectivity index (χ2n) is 6.21. The first-order valence-electron chi connectivity index (χ1n) is 7.17. The molecule has 2 fully saturated rings. The maximum Gasteiger partial charge on any atom is 0.225 e. The average Bonchev–Trinajstić information content (AvgIpc) is 2.76. The van der Waals surface area contributed by atoms with Crippen LogP contribution in [0.1, 0.15) is 44.9 Å². The first kappa shape index (κ1) is 13.8. The molecule has 2 aliphatic rings. The molecule has 1 N–H and O–H groups in total. The van der Waals surface area contributed by atoms with Crippen LogP contribution in [-0.2, 0) is 4.79 Å². The molecule has 2 rings (SSSR count). The lowest BCUT2D eigenvalue weighted by Crippen LogP contribution is -2.49. The van der Waals surface area contributed by atoms with Crippen molar-refractivity contribution in [3.63, 3.8) is 0 Å². The van der Waals surface area contributed by atoms with Gasteiger partial charge in [0.05, 0.1) is 12.0 Å². The van der Waals surface area contributed by atoms with Crippen LogP contribution in [0.4, 0.5) is 0 Å². The van der Waals surface area contributed by atoms with Gasteiger partial charge in [0.15, 0.2) is 0 Å². The van der Waals surface area contributed by atoms with Crippen molar-refractivity contribution in [1.82, 2.24) is 9.80 Å². The van der Waals surface area contributed by atoms with Crippen LogP contribution >= 0.6 is 0 Å². The second kappa shape index (κ2) is 5.57. The summed E-state index contributed by atoms with van der Waals surface area (Å²) in [6, 6.07) is 0.473. The average molecular weight is 254 g/mol. The SMILES string of the molecule is CN(C)C1CCCN(C(=O)CC2(O)CCCC2)C1. The lowest BCUT2D eigenvalue weighted by molar-refractivity contribution is -0.138. The van der Waals surface area contributed by atoms with Crippen molar-refractivity contribution in [1.29, 1.82) is 0 Å². The summed E-state index contributed by atoms with van der Waals surface area (Å²) < 4.78 is 0. The molecule has 4 heteroatoms. The fourth-order valence-corrected chi connectivity index (χ4v) is 3.21. The van der Waals surface area contributed by atoms with Crippen molar-refractivity contribution in [3.8, 4) is 0 Å². The predicted molar refractivity (Wildman–Crippen MR) is 71.3 cm³/mol. The van der Waals surface area contributed by atoms with Gasteiger partial charge in [-0.1, -0.05) is 12.8 Å². The third-order valence-electron chi connectivity index (χ3n) is 4.49. The minimum atomic E-state index is -0.706. The number of likely N-dealkylation sites (tertiary alicyclic amines) is 1. The lowest BCUT2D eigenvalue weighted by Gasteiger charge is -2.37. The van der Waals surface area contributed by atoms with Gasteiger partial charge in [-0.25, -0.2) is 0 Å². The van der Waals surface area contributed by atoms with Gasteiger partial charge in [0.2, 0.25) is 5.91 Å². The van der Waals surface area contributed by atoms with Gasteiger partial charge in [-0.2, -0.15) is 0 Å². The Bertz CT molecular complexity index is 298. The maximum absolute atomic E-state index is 12.3. The molecule has 1 saturated carbocycles. The minimum absolute atomic E-state index is 0.144. The smallest absolute Gasteiger partial charge is 0.225 e. The maximum atomic E-state index is 12.3. The number of piperidine rings is 1. The van der Waals surface area contributed by atoms with E-state index in [9.17, 15) is 9.90 Å². The molecular weight excluding hydrogens is 228 g/mol. The number of carbonyl (C=O) groups is 1. The molecule has 0 aromatic carbocycles. The van der Waals surface area contributed by atoms with E-state index >= 15 is 0 Å². The molecule has 1 aliphatic heterocycles. The standard InChI is InChI=1S/C14H26N2O2/c1-15(2)12-6-5-9-16(11-12)13(17)10-14(18)7-3-4-8-14/h12,18H,3-11H2,1-2H3. The zero-order chi connectivity index (χ0) is 13.2. The van der Waals surface area contributed by atoms with Crippen LogP contribution in [0.15, 0.2) is 0 Å². The van der Waals surface area contributed by atoms with E-state index in [1.807, 2.05) is 4.90 Å². The molecule has 1 unspecified atom stereocenters. The van der Waals surface area contributed by atoms with Crippen LogP contribution in [0.2, 0.25) is 0 Å². The van der Waals surface area contributed by atoms with Crippen LogP contribution in [0.3, 0.4) is 0 Å². The minimum Gasteiger partial charge on any atom is -0.389 e. The normalized spacial score (nSPS) is 27.8. The topological polar surface area (TPSA) is 43.8 Å². The highest BCUT2D eigenvalue weighted by atomic mass is 16.3. The van der Waals surface area contributed by atoms with E-state index in [0.717, 1.165) is 45.2 Å². The quantitative estimate of drug-likeness (QED) is 0.824. The molecule has 1 heterocycles. The lowest BCUT2D eigenvalue weighted by atomic mass is 9.96. The van der Waals surface area contributed by atoms with Gasteiger partial charge in [0.25, 0.3) is 0 Å². The van der Waals surface area contributed by atoms with Gasteiger partial charge in [-0.15, -0.1) is 0 Å². The molecule has 4 nitrogen and oxygen atoms in total. The van der Waals surface area contributed by atoms with Crippen molar-refractivity contribution in [3.05, 3.63) is 0 Å². The number of aliphatic hydroxyl groups is 1. The summed E-state index contributed by atoms with van der Waals surface area (Å²) in [6.45, 7) is 1.68. The van der Waals surface area contributed by atoms with E-state index in [1.165, 1.54) is 6.42 Å². The Morgan fingerprint density at radius 1 is 1.33 bits per heavy atom. The van der Waals surface area contributed by atoms with Gasteiger partial charge >= 0.3 is 0 Å². The number of hydrogen-bond acceptors (Lipinski definition) is 3. The monoisotopic (exact) mass is 254 g/mol. The molecule has 1 amide bonds. The summed E-state index contributed by atoms with van der Waals surface area (Å²) >= 11 is 0. The Morgan fingerprint density at radius 2 is 2.00 bits per heavy atom. The number of rotatable bonds is 3. The molecule has 0 aromatic heterocycles. The molecule has 18 heavy (non-hydrogen) atoms. The fourth-order valence-electron chi connectivity index (χ4n) is 3.21. The van der Waals surface area contributed by atoms with Gasteiger partial charge in [-0.3, -0.25) is 4.79 Å². The molecular formula is C14H26N2O2. The number of hydrogen-bond donors (Lipinski definition) is 1. The highest BCUT2D eigenvalue weighted by Gasteiger charge is 2.36. The number of amides is 1. The Kier molecular flexibility index (Phi) is 4.28. The number of likely N-dealkylation sites (N-methyl/N-ethyl adjacent to an activating group) is 1. The highest BCUT2D eigenvalue weighted by molar-refractivity contribution is 5.77. The van der Waals surface area contributed by atoms with Crippen molar-refractivity contribution < 1.29 is 9.90 Å². The van der Waals surface area contributed by atoms with E-state index in [1.54, 1.807) is 0 Å². The second-order valence-corrected chi connectivity index (χ2v) is 6.21. The summed E-state index contributed by atoms with van der Waals surface area (Å²) in [4.78, 5) is 16.4. The van der Waals surface area contributed by atoms with E-state index in [2.05, 4.69) is 19.0 Å². The van der Waals surface area contributed by atoms with Crippen molar-refractivity contribution >= 4 is 5.91 Å². The van der Waals surface area contributed by atoms with Crippen LogP contribution < -0.4 is 0 Å². The summed E-state index contributed by atoms with van der Waals surface area (Å²) in [6.07, 6.45) is 6.28. The van der Waals surface area contributed by atoms with Gasteiger partial charge in [0, 0.05) is 19.1 Å². The van der Waals surface area contributed by atoms with Crippen LogP contribution in [0.5, 0.6) is 0 Å². The molecule has 104 valence electrons. The summed E-state index contributed by atoms with van der Waals surface area (Å²) in [5, 5.41) is 10.3. The van der Waals surface area contributed by atoms with Gasteiger partial charge in [-0.05, 0) is 39.8 Å². The Hall–Kier alpha value is -0.610. The number of carbonyl (C=O) groups excluding carboxylic acids is 1. The zero-order valence-corrected chi connectivity index (χ0v) is 11.7. The van der Waals surface area contributed by atoms with Crippen LogP contribution in [-0.4, -0.2) is 59.6 Å². The molecule has 0 aromatic rings. The van der Waals surface area contributed by atoms with E-state index < -0.39 is 5.60 Å². The molecule has 1 atom stereocenters. The molecule has 0 spiro atoms. The number of nitrogens with zero attached hydrogens (tertiary/aromatic N) is 2. The van der Waals surface area contributed by atoms with Crippen LogP contribution in [0.25, 0.3) is 0 Å². The third-order valence-corrected chi connectivity index (χ3v) is 4.49. The molecule has 1 saturated heterocycles. The first-order valence-corrected chi connectivity index (χ1v) is 7.17. The Balaban J connectivity index is 1.88. The summed E-state index contributed by atoms with van der Waals surface area (Å²) in [5.41, 5.74) is -0.706. The highest BCUT2D eigenvalue weighted by Crippen LogP contribution is 2.33. The van der Waals surface area contributed by atoms with Gasteiger partial charge < -0.3 is 14.9 Å². The third kappa shape index (κ3) is 3.23. The predicted octanol–water partition coefficient (Wildman–Crippen LogP) is 1.23. The summed E-state index contributed by atoms with van der Waals surface area (Å²) in [5.74, 6) is 0.144. The van der Waals surface area contributed by atoms with E-state index in [4.69, 9.17) is 0 Å². The molecule has 0 radical (unpaired) electrons. The van der Waals surface area contributed by atoms with Crippen LogP contribution in [0, 0.1) is 0 Å². The van der Waals surface area contributed by atoms with Crippen molar-refractivity contribution in [2.45, 2.75) is 56.6 Å². The van der Waals surface area contributed by atoms with E-state index in [0.29, 0.717) is 12.5 Å². The summed E-state index contributed by atoms with van der Waals surface area (Å²) in [7, 11) is 4.15. The Morgan fingerprint density at radius 3 is 2.61 bits per heavy atom. The van der Waals surface area contributed by atoms with Crippen molar-refractivity contribution in [2.24, 2.45) is 0 Å². The first-order chi connectivity index (χ1) is 8.50. The zero-order valence-electron chi connectivity index (χ0n) is 11.7. The fraction of sp³-hybridized carbons (Fsp3) is 0.929. The van der Waals surface area contributed by atoms with Gasteiger partial charge in [0.1, 0.15) is 0 Å². The van der Waals surface area contributed by atoms with Crippen molar-refractivity contribution in [2.75, 3.05) is 27.2 Å². The largest absolute Gasteiger partial charge is 0.389 e. The molecule has 0 bridgehead atoms.